The summed E-state index contributed by atoms with van der Waals surface area (Å²) in [5.41, 5.74) is 5.23. The van der Waals surface area contributed by atoms with Crippen LogP contribution in [-0.4, -0.2) is 71.3 Å². The van der Waals surface area contributed by atoms with E-state index in [9.17, 15) is 24.3 Å². The van der Waals surface area contributed by atoms with Gasteiger partial charge in [0.15, 0.2) is 0 Å². The second kappa shape index (κ2) is 22.8. The fraction of sp³-hybridized carbons (Fsp3) is 0.536. The summed E-state index contributed by atoms with van der Waals surface area (Å²) < 4.78 is 0. The summed E-state index contributed by atoms with van der Waals surface area (Å²) in [6.07, 6.45) is 5.72. The Morgan fingerprint density at radius 1 is 1.23 bits per heavy atom. The normalized spacial score (nSPS) is 13.6. The molecule has 2 heterocycles. The number of hydrogen-bond acceptors (Lipinski definition) is 8. The van der Waals surface area contributed by atoms with E-state index in [0.717, 1.165) is 37.6 Å². The third kappa shape index (κ3) is 18.1. The van der Waals surface area contributed by atoms with E-state index in [1.54, 1.807) is 22.5 Å². The van der Waals surface area contributed by atoms with Gasteiger partial charge in [-0.2, -0.15) is 6.42 Å². The fourth-order valence-electron chi connectivity index (χ4n) is 3.30. The van der Waals surface area contributed by atoms with Crippen molar-refractivity contribution in [3.05, 3.63) is 41.0 Å². The van der Waals surface area contributed by atoms with Crippen LogP contribution in [0.3, 0.4) is 0 Å². The predicted octanol–water partition coefficient (Wildman–Crippen LogP) is 0.458. The van der Waals surface area contributed by atoms with Crippen molar-refractivity contribution in [2.75, 3.05) is 20.2 Å². The molecule has 0 saturated carbocycles. The summed E-state index contributed by atoms with van der Waals surface area (Å²) in [6.45, 7) is 9.98. The fourth-order valence-corrected chi connectivity index (χ4v) is 4.12. The molecule has 212 valence electrons. The Balaban J connectivity index is 0. The SMILES string of the molecule is CC(C)(C)CC(=O)N1CCC(O)C1.CO.Cc1ncsc1-c1ccc(CNC=O)cc1.O=[C-]CCCC=O.[Na+]. The van der Waals surface area contributed by atoms with Crippen LogP contribution in [0.1, 0.15) is 64.1 Å². The van der Waals surface area contributed by atoms with Gasteiger partial charge in [-0.05, 0) is 29.9 Å². The van der Waals surface area contributed by atoms with Gasteiger partial charge in [-0.15, -0.1) is 11.3 Å². The molecular formula is C28H42N3NaO6S. The molecule has 1 fully saturated rings. The largest absolute Gasteiger partial charge is 1.00 e. The van der Waals surface area contributed by atoms with Crippen molar-refractivity contribution in [2.45, 2.75) is 72.4 Å². The Morgan fingerprint density at radius 2 is 1.87 bits per heavy atom. The zero-order chi connectivity index (χ0) is 29.0. The number of hydrogen-bond donors (Lipinski definition) is 3. The second-order valence-corrected chi connectivity index (χ2v) is 10.5. The van der Waals surface area contributed by atoms with Gasteiger partial charge in [-0.25, -0.2) is 4.98 Å². The van der Waals surface area contributed by atoms with E-state index in [2.05, 4.69) is 43.2 Å². The number of aldehydes is 1. The first-order valence-corrected chi connectivity index (χ1v) is 13.3. The number of aromatic nitrogens is 1. The quantitative estimate of drug-likeness (QED) is 0.172. The molecule has 0 aliphatic carbocycles. The average Bonchev–Trinajstić information content (AvgIpc) is 3.53. The average molecular weight is 572 g/mol. The van der Waals surface area contributed by atoms with Gasteiger partial charge < -0.3 is 30.0 Å². The summed E-state index contributed by atoms with van der Waals surface area (Å²) in [6, 6.07) is 8.15. The summed E-state index contributed by atoms with van der Waals surface area (Å²) in [5, 5.41) is 18.9. The maximum atomic E-state index is 11.6. The van der Waals surface area contributed by atoms with Crippen LogP contribution < -0.4 is 34.9 Å². The molecule has 1 aliphatic rings. The zero-order valence-corrected chi connectivity index (χ0v) is 26.9. The Bertz CT molecular complexity index is 940. The molecule has 1 aliphatic heterocycles. The molecule has 0 spiro atoms. The minimum Gasteiger partial charge on any atom is -0.542 e. The van der Waals surface area contributed by atoms with Gasteiger partial charge in [0.05, 0.1) is 22.2 Å². The molecule has 2 aromatic rings. The van der Waals surface area contributed by atoms with Gasteiger partial charge in [0.1, 0.15) is 6.29 Å². The third-order valence-electron chi connectivity index (χ3n) is 5.15. The summed E-state index contributed by atoms with van der Waals surface area (Å²) in [7, 11) is 1.00. The maximum absolute atomic E-state index is 11.6. The molecule has 1 saturated heterocycles. The molecule has 1 aromatic carbocycles. The maximum Gasteiger partial charge on any atom is 1.00 e. The second-order valence-electron chi connectivity index (χ2n) is 9.69. The van der Waals surface area contributed by atoms with Gasteiger partial charge >= 0.3 is 29.6 Å². The minimum atomic E-state index is -0.302. The van der Waals surface area contributed by atoms with Crippen LogP contribution in [0, 0.1) is 12.3 Å². The Labute approximate surface area is 258 Å². The van der Waals surface area contributed by atoms with Crippen LogP contribution in [0.2, 0.25) is 0 Å². The summed E-state index contributed by atoms with van der Waals surface area (Å²) >= 11 is 1.64. The van der Waals surface area contributed by atoms with Crippen LogP contribution in [0.5, 0.6) is 0 Å². The number of aliphatic hydroxyl groups is 2. The van der Waals surface area contributed by atoms with E-state index < -0.39 is 0 Å². The van der Waals surface area contributed by atoms with Crippen molar-refractivity contribution in [1.82, 2.24) is 15.2 Å². The molecule has 3 rings (SSSR count). The number of amides is 2. The van der Waals surface area contributed by atoms with E-state index in [1.165, 1.54) is 10.4 Å². The van der Waals surface area contributed by atoms with E-state index in [0.29, 0.717) is 45.2 Å². The smallest absolute Gasteiger partial charge is 0.542 e. The molecule has 2 amide bonds. The van der Waals surface area contributed by atoms with Crippen molar-refractivity contribution in [2.24, 2.45) is 5.41 Å². The first-order valence-electron chi connectivity index (χ1n) is 12.5. The standard InChI is InChI=1S/C12H12N2OS.C10H19NO2.C5H7O2.CH4O.Na/c1-9-12(16-8-14-9)11-4-2-10(3-5-11)6-13-7-15;1-10(2,3)6-9(13)11-5-4-8(12)7-11;6-4-2-1-3-5-7;1-2;/h2-5,7-8H,6H2,1H3,(H,13,15);8,12H,4-7H2,1-3H3;4H,1-3H2;2H,1H3;/q;;-1;;+1. The molecule has 1 unspecified atom stereocenters. The first kappa shape index (κ1) is 39.2. The number of carbonyl (C=O) groups excluding carboxylic acids is 4. The number of nitrogens with zero attached hydrogens (tertiary/aromatic N) is 2. The zero-order valence-electron chi connectivity index (χ0n) is 24.1. The number of likely N-dealkylation sites (tertiary alicyclic amines) is 1. The monoisotopic (exact) mass is 571 g/mol. The van der Waals surface area contributed by atoms with Crippen molar-refractivity contribution >= 4 is 36.2 Å². The molecule has 9 nitrogen and oxygen atoms in total. The van der Waals surface area contributed by atoms with Crippen molar-refractivity contribution in [3.63, 3.8) is 0 Å². The number of aryl methyl sites for hydroxylation is 1. The number of thiazole rings is 1. The number of carbonyl (C=O) groups is 3. The van der Waals surface area contributed by atoms with Crippen LogP contribution >= 0.6 is 11.3 Å². The van der Waals surface area contributed by atoms with Crippen molar-refractivity contribution in [1.29, 1.82) is 0 Å². The molecule has 0 bridgehead atoms. The molecule has 1 atom stereocenters. The minimum absolute atomic E-state index is 0. The number of aliphatic hydroxyl groups excluding tert-OH is 2. The number of β-amino-alcohol motifs (C(OH)–C–C–N with tert-alkyl or cyclic N) is 1. The summed E-state index contributed by atoms with van der Waals surface area (Å²) in [5.74, 6) is 0.170. The van der Waals surface area contributed by atoms with E-state index in [1.807, 2.05) is 24.6 Å². The van der Waals surface area contributed by atoms with Gasteiger partial charge in [0.25, 0.3) is 0 Å². The van der Waals surface area contributed by atoms with Crippen molar-refractivity contribution in [3.8, 4) is 10.4 Å². The van der Waals surface area contributed by atoms with Gasteiger partial charge in [-0.1, -0.05) is 51.5 Å². The molecule has 11 heteroatoms. The van der Waals surface area contributed by atoms with E-state index in [4.69, 9.17) is 5.11 Å². The van der Waals surface area contributed by atoms with Gasteiger partial charge in [0.2, 0.25) is 12.3 Å². The Kier molecular flexibility index (Phi) is 22.9. The Morgan fingerprint density at radius 3 is 2.31 bits per heavy atom. The number of benzene rings is 1. The number of rotatable bonds is 9. The van der Waals surface area contributed by atoms with Crippen LogP contribution in [0.4, 0.5) is 0 Å². The third-order valence-corrected chi connectivity index (χ3v) is 6.13. The summed E-state index contributed by atoms with van der Waals surface area (Å²) in [4.78, 5) is 48.0. The van der Waals surface area contributed by atoms with Crippen LogP contribution in [0.15, 0.2) is 29.8 Å². The van der Waals surface area contributed by atoms with Crippen LogP contribution in [-0.2, 0) is 25.7 Å². The molecular weight excluding hydrogens is 529 g/mol. The molecule has 39 heavy (non-hydrogen) atoms. The van der Waals surface area contributed by atoms with Gasteiger partial charge in [-0.3, -0.25) is 15.9 Å². The molecule has 3 N–H and O–H groups in total. The molecule has 1 aromatic heterocycles. The number of unbranched alkanes of at least 4 members (excludes halogenated alkanes) is 2. The van der Waals surface area contributed by atoms with E-state index >= 15 is 0 Å². The van der Waals surface area contributed by atoms with Crippen molar-refractivity contribution < 1.29 is 58.9 Å². The van der Waals surface area contributed by atoms with E-state index in [-0.39, 0.29) is 47.0 Å². The Hall–Kier alpha value is -1.95. The molecule has 0 radical (unpaired) electrons. The van der Waals surface area contributed by atoms with Gasteiger partial charge in [0, 0.05) is 39.6 Å². The predicted molar refractivity (Wildman–Crippen MR) is 150 cm³/mol. The number of nitrogens with one attached hydrogen (secondary N) is 1. The van der Waals surface area contributed by atoms with Crippen LogP contribution in [0.25, 0.3) is 10.4 Å². The first-order chi connectivity index (χ1) is 18.1. The topological polar surface area (TPSA) is 137 Å².